The van der Waals surface area contributed by atoms with Crippen LogP contribution in [0.15, 0.2) is 0 Å². The summed E-state index contributed by atoms with van der Waals surface area (Å²) in [5.41, 5.74) is -0.0848. The number of rotatable bonds is 2. The van der Waals surface area contributed by atoms with E-state index in [0.29, 0.717) is 18.6 Å². The molecule has 3 aliphatic rings. The first-order valence-electron chi connectivity index (χ1n) is 7.42. The summed E-state index contributed by atoms with van der Waals surface area (Å²) in [5, 5.41) is 14.1. The molecule has 0 aliphatic carbocycles. The molecule has 4 nitrogen and oxygen atoms in total. The van der Waals surface area contributed by atoms with Crippen LogP contribution in [-0.2, 0) is 9.47 Å². The first-order chi connectivity index (χ1) is 8.79. The van der Waals surface area contributed by atoms with Crippen molar-refractivity contribution in [1.82, 2.24) is 5.32 Å². The Kier molecular flexibility index (Phi) is 3.89. The van der Waals surface area contributed by atoms with Gasteiger partial charge in [0.1, 0.15) is 0 Å². The summed E-state index contributed by atoms with van der Waals surface area (Å²) in [6.07, 6.45) is 6.33. The van der Waals surface area contributed by atoms with Crippen molar-refractivity contribution in [3.8, 4) is 0 Å². The topological polar surface area (TPSA) is 50.7 Å². The summed E-state index contributed by atoms with van der Waals surface area (Å²) in [6.45, 7) is 3.36. The minimum atomic E-state index is -0.216. The maximum atomic E-state index is 10.6. The largest absolute Gasteiger partial charge is 0.391 e. The molecule has 18 heavy (non-hydrogen) atoms. The second kappa shape index (κ2) is 5.45. The van der Waals surface area contributed by atoms with E-state index in [-0.39, 0.29) is 11.7 Å². The fourth-order valence-corrected chi connectivity index (χ4v) is 3.72. The molecule has 0 aromatic carbocycles. The molecule has 3 fully saturated rings. The molecule has 3 aliphatic heterocycles. The Morgan fingerprint density at radius 1 is 1.22 bits per heavy atom. The third kappa shape index (κ3) is 2.57. The van der Waals surface area contributed by atoms with Gasteiger partial charge in [-0.15, -0.1) is 0 Å². The van der Waals surface area contributed by atoms with E-state index in [2.05, 4.69) is 5.32 Å². The molecule has 104 valence electrons. The molecule has 0 radical (unpaired) electrons. The standard InChI is InChI=1S/C14H25NO3/c16-13(12-3-1-2-6-15-12)11-4-7-18-14(9-11)5-8-17-10-14/h11-13,15-16H,1-10H2. The fraction of sp³-hybridized carbons (Fsp3) is 1.00. The van der Waals surface area contributed by atoms with Gasteiger partial charge < -0.3 is 19.9 Å². The SMILES string of the molecule is OC(C1CCOC2(CCOC2)C1)C1CCCCN1. The molecule has 4 atom stereocenters. The van der Waals surface area contributed by atoms with Crippen LogP contribution in [0.5, 0.6) is 0 Å². The molecule has 0 bridgehead atoms. The Bertz CT molecular complexity index is 272. The third-order valence-electron chi connectivity index (χ3n) is 4.84. The van der Waals surface area contributed by atoms with Crippen LogP contribution >= 0.6 is 0 Å². The van der Waals surface area contributed by atoms with Gasteiger partial charge in [0.2, 0.25) is 0 Å². The Morgan fingerprint density at radius 3 is 2.89 bits per heavy atom. The van der Waals surface area contributed by atoms with Crippen molar-refractivity contribution >= 4 is 0 Å². The van der Waals surface area contributed by atoms with Crippen LogP contribution in [0, 0.1) is 5.92 Å². The highest BCUT2D eigenvalue weighted by atomic mass is 16.6. The van der Waals surface area contributed by atoms with Gasteiger partial charge in [0.15, 0.2) is 0 Å². The Balaban J connectivity index is 1.60. The third-order valence-corrected chi connectivity index (χ3v) is 4.84. The zero-order valence-corrected chi connectivity index (χ0v) is 11.1. The van der Waals surface area contributed by atoms with E-state index in [4.69, 9.17) is 9.47 Å². The number of aliphatic hydroxyl groups excluding tert-OH is 1. The minimum Gasteiger partial charge on any atom is -0.391 e. The highest BCUT2D eigenvalue weighted by Crippen LogP contribution is 2.38. The summed E-state index contributed by atoms with van der Waals surface area (Å²) in [4.78, 5) is 0. The maximum absolute atomic E-state index is 10.6. The van der Waals surface area contributed by atoms with Crippen molar-refractivity contribution in [2.24, 2.45) is 5.92 Å². The van der Waals surface area contributed by atoms with Gasteiger partial charge in [-0.25, -0.2) is 0 Å². The van der Waals surface area contributed by atoms with Crippen LogP contribution in [0.4, 0.5) is 0 Å². The van der Waals surface area contributed by atoms with E-state index in [1.54, 1.807) is 0 Å². The predicted molar refractivity (Wildman–Crippen MR) is 68.5 cm³/mol. The van der Waals surface area contributed by atoms with Gasteiger partial charge >= 0.3 is 0 Å². The summed E-state index contributed by atoms with van der Waals surface area (Å²) in [5.74, 6) is 0.371. The molecule has 2 N–H and O–H groups in total. The minimum absolute atomic E-state index is 0.0848. The van der Waals surface area contributed by atoms with Crippen molar-refractivity contribution in [3.05, 3.63) is 0 Å². The van der Waals surface area contributed by atoms with Crippen LogP contribution in [-0.4, -0.2) is 49.2 Å². The van der Waals surface area contributed by atoms with Crippen LogP contribution in [0.2, 0.25) is 0 Å². The Hall–Kier alpha value is -0.160. The lowest BCUT2D eigenvalue weighted by Crippen LogP contribution is -2.51. The predicted octanol–water partition coefficient (Wildman–Crippen LogP) is 1.08. The van der Waals surface area contributed by atoms with E-state index >= 15 is 0 Å². The van der Waals surface area contributed by atoms with Gasteiger partial charge in [-0.2, -0.15) is 0 Å². The summed E-state index contributed by atoms with van der Waals surface area (Å²) in [7, 11) is 0. The maximum Gasteiger partial charge on any atom is 0.0940 e. The van der Waals surface area contributed by atoms with E-state index < -0.39 is 0 Å². The molecule has 1 spiro atoms. The fourth-order valence-electron chi connectivity index (χ4n) is 3.72. The van der Waals surface area contributed by atoms with Crippen molar-refractivity contribution in [2.45, 2.75) is 56.3 Å². The molecule has 4 heteroatoms. The number of hydrogen-bond acceptors (Lipinski definition) is 4. The van der Waals surface area contributed by atoms with E-state index in [0.717, 1.165) is 45.4 Å². The van der Waals surface area contributed by atoms with Crippen LogP contribution in [0.3, 0.4) is 0 Å². The number of ether oxygens (including phenoxy) is 2. The molecule has 0 amide bonds. The average molecular weight is 255 g/mol. The Labute approximate surface area is 109 Å². The van der Waals surface area contributed by atoms with Gasteiger partial charge in [0.05, 0.1) is 18.3 Å². The molecule has 3 heterocycles. The monoisotopic (exact) mass is 255 g/mol. The zero-order chi connectivity index (χ0) is 12.4. The van der Waals surface area contributed by atoms with Gasteiger partial charge in [0, 0.05) is 25.7 Å². The second-order valence-electron chi connectivity index (χ2n) is 6.13. The molecule has 4 unspecified atom stereocenters. The Morgan fingerprint density at radius 2 is 2.17 bits per heavy atom. The van der Waals surface area contributed by atoms with E-state index in [9.17, 15) is 5.11 Å². The van der Waals surface area contributed by atoms with Crippen LogP contribution in [0.1, 0.15) is 38.5 Å². The number of aliphatic hydroxyl groups is 1. The van der Waals surface area contributed by atoms with Gasteiger partial charge in [-0.3, -0.25) is 0 Å². The van der Waals surface area contributed by atoms with Crippen molar-refractivity contribution < 1.29 is 14.6 Å². The second-order valence-corrected chi connectivity index (χ2v) is 6.13. The summed E-state index contributed by atoms with van der Waals surface area (Å²) < 4.78 is 11.4. The first kappa shape index (κ1) is 12.9. The molecule has 0 aromatic heterocycles. The summed E-state index contributed by atoms with van der Waals surface area (Å²) >= 11 is 0. The number of hydrogen-bond donors (Lipinski definition) is 2. The van der Waals surface area contributed by atoms with Gasteiger partial charge in [-0.05, 0) is 38.1 Å². The van der Waals surface area contributed by atoms with Crippen molar-refractivity contribution in [1.29, 1.82) is 0 Å². The lowest BCUT2D eigenvalue weighted by molar-refractivity contribution is -0.121. The first-order valence-corrected chi connectivity index (χ1v) is 7.42. The molecular weight excluding hydrogens is 230 g/mol. The summed E-state index contributed by atoms with van der Waals surface area (Å²) in [6, 6.07) is 0.293. The van der Waals surface area contributed by atoms with Gasteiger partial charge in [0.25, 0.3) is 0 Å². The van der Waals surface area contributed by atoms with E-state index in [1.165, 1.54) is 12.8 Å². The molecule has 0 saturated carbocycles. The lowest BCUT2D eigenvalue weighted by atomic mass is 9.79. The average Bonchev–Trinajstić information content (AvgIpc) is 2.87. The lowest BCUT2D eigenvalue weighted by Gasteiger charge is -2.41. The quantitative estimate of drug-likeness (QED) is 0.775. The van der Waals surface area contributed by atoms with Gasteiger partial charge in [-0.1, -0.05) is 6.42 Å². The number of nitrogens with one attached hydrogen (secondary N) is 1. The molecule has 3 saturated heterocycles. The van der Waals surface area contributed by atoms with E-state index in [1.807, 2.05) is 0 Å². The van der Waals surface area contributed by atoms with Crippen molar-refractivity contribution in [3.63, 3.8) is 0 Å². The number of piperidine rings is 1. The molecule has 3 rings (SSSR count). The highest BCUT2D eigenvalue weighted by Gasteiger charge is 2.44. The smallest absolute Gasteiger partial charge is 0.0940 e. The van der Waals surface area contributed by atoms with Crippen LogP contribution < -0.4 is 5.32 Å². The zero-order valence-electron chi connectivity index (χ0n) is 11.1. The van der Waals surface area contributed by atoms with Crippen LogP contribution in [0.25, 0.3) is 0 Å². The molecular formula is C14H25NO3. The van der Waals surface area contributed by atoms with Crippen molar-refractivity contribution in [2.75, 3.05) is 26.4 Å². The molecule has 0 aromatic rings. The highest BCUT2D eigenvalue weighted by molar-refractivity contribution is 4.95. The normalized spacial score (nSPS) is 43.2.